The number of hydrogen-bond donors (Lipinski definition) is 4. The van der Waals surface area contributed by atoms with Gasteiger partial charge in [-0.15, -0.1) is 0 Å². The standard InChI is InChI=1S/C30H36N6/c1-29(13-3-14-29)25(31)27-33-17-23(35-27)21-9-5-19(6-10-21)20-7-11-22(12-8-20)24-18-34-28(36-24)26(32)30(2)15-4-16-30/h5-12,17-18,25-26H,3-4,13-16,31-32H2,1-2H3,(H,33,35)(H,34,36). The summed E-state index contributed by atoms with van der Waals surface area (Å²) in [7, 11) is 0. The second-order valence-corrected chi connectivity index (χ2v) is 11.5. The Morgan fingerprint density at radius 2 is 0.944 bits per heavy atom. The van der Waals surface area contributed by atoms with E-state index in [1.54, 1.807) is 0 Å². The van der Waals surface area contributed by atoms with Crippen LogP contribution in [0.5, 0.6) is 0 Å². The number of hydrogen-bond acceptors (Lipinski definition) is 4. The van der Waals surface area contributed by atoms with Gasteiger partial charge in [0.15, 0.2) is 0 Å². The summed E-state index contributed by atoms with van der Waals surface area (Å²) in [5, 5.41) is 0. The van der Waals surface area contributed by atoms with Gasteiger partial charge in [-0.25, -0.2) is 9.97 Å². The van der Waals surface area contributed by atoms with E-state index < -0.39 is 0 Å². The van der Waals surface area contributed by atoms with Gasteiger partial charge in [0, 0.05) is 0 Å². The fourth-order valence-corrected chi connectivity index (χ4v) is 5.72. The minimum absolute atomic E-state index is 0.0410. The zero-order valence-electron chi connectivity index (χ0n) is 21.2. The lowest BCUT2D eigenvalue weighted by Crippen LogP contribution is -2.38. The van der Waals surface area contributed by atoms with Gasteiger partial charge < -0.3 is 21.4 Å². The molecule has 2 aliphatic rings. The lowest BCUT2D eigenvalue weighted by molar-refractivity contribution is 0.115. The molecule has 0 aliphatic heterocycles. The van der Waals surface area contributed by atoms with Crippen LogP contribution < -0.4 is 11.5 Å². The quantitative estimate of drug-likeness (QED) is 0.241. The number of imidazole rings is 2. The number of rotatable bonds is 7. The highest BCUT2D eigenvalue weighted by atomic mass is 15.0. The van der Waals surface area contributed by atoms with Crippen molar-refractivity contribution in [2.24, 2.45) is 22.3 Å². The molecule has 6 heteroatoms. The molecule has 2 aromatic heterocycles. The first-order valence-corrected chi connectivity index (χ1v) is 13.2. The van der Waals surface area contributed by atoms with Crippen molar-refractivity contribution in [1.82, 2.24) is 19.9 Å². The molecule has 0 radical (unpaired) electrons. The van der Waals surface area contributed by atoms with Crippen molar-refractivity contribution in [3.8, 4) is 33.6 Å². The topological polar surface area (TPSA) is 109 Å². The van der Waals surface area contributed by atoms with Gasteiger partial charge in [0.1, 0.15) is 11.6 Å². The molecule has 4 aromatic rings. The van der Waals surface area contributed by atoms with E-state index in [1.165, 1.54) is 49.7 Å². The van der Waals surface area contributed by atoms with E-state index >= 15 is 0 Å². The SMILES string of the molecule is CC1(C(N)c2ncc(-c3ccc(-c4ccc(-c5cnc(C(N)C6(C)CCC6)[nH]5)cc4)cc3)[nH]2)CCC1. The molecule has 2 aliphatic carbocycles. The fourth-order valence-electron chi connectivity index (χ4n) is 5.72. The first-order chi connectivity index (χ1) is 17.3. The van der Waals surface area contributed by atoms with Crippen LogP contribution in [0.25, 0.3) is 33.6 Å². The van der Waals surface area contributed by atoms with Gasteiger partial charge >= 0.3 is 0 Å². The Hall–Kier alpha value is -3.22. The van der Waals surface area contributed by atoms with E-state index in [9.17, 15) is 0 Å². The second kappa shape index (κ2) is 8.71. The molecule has 0 amide bonds. The summed E-state index contributed by atoms with van der Waals surface area (Å²) in [5.74, 6) is 1.77. The Bertz CT molecular complexity index is 1230. The lowest BCUT2D eigenvalue weighted by Gasteiger charge is -2.42. The molecule has 6 nitrogen and oxygen atoms in total. The molecular formula is C30H36N6. The van der Waals surface area contributed by atoms with E-state index in [1.807, 2.05) is 12.4 Å². The van der Waals surface area contributed by atoms with Crippen LogP contribution in [0.4, 0.5) is 0 Å². The van der Waals surface area contributed by atoms with Crippen molar-refractivity contribution in [2.75, 3.05) is 0 Å². The number of benzene rings is 2. The highest BCUT2D eigenvalue weighted by Gasteiger charge is 2.40. The zero-order valence-corrected chi connectivity index (χ0v) is 21.2. The van der Waals surface area contributed by atoms with E-state index in [2.05, 4.69) is 82.3 Å². The summed E-state index contributed by atoms with van der Waals surface area (Å²) in [5.41, 5.74) is 20.0. The van der Waals surface area contributed by atoms with Crippen LogP contribution in [0, 0.1) is 10.8 Å². The van der Waals surface area contributed by atoms with Gasteiger partial charge in [0.2, 0.25) is 0 Å². The molecule has 6 N–H and O–H groups in total. The molecule has 2 heterocycles. The normalized spacial score (nSPS) is 19.8. The summed E-state index contributed by atoms with van der Waals surface area (Å²) in [4.78, 5) is 16.1. The number of aromatic amines is 2. The van der Waals surface area contributed by atoms with Gasteiger partial charge in [-0.05, 0) is 58.8 Å². The molecule has 2 saturated carbocycles. The smallest absolute Gasteiger partial charge is 0.124 e. The van der Waals surface area contributed by atoms with Crippen molar-refractivity contribution in [3.05, 3.63) is 72.6 Å². The molecule has 0 saturated heterocycles. The van der Waals surface area contributed by atoms with Crippen LogP contribution in [-0.4, -0.2) is 19.9 Å². The Morgan fingerprint density at radius 3 is 1.25 bits per heavy atom. The predicted octanol–water partition coefficient (Wildman–Crippen LogP) is 6.51. The van der Waals surface area contributed by atoms with E-state index in [0.717, 1.165) is 34.2 Å². The van der Waals surface area contributed by atoms with Crippen molar-refractivity contribution in [2.45, 2.75) is 64.5 Å². The number of nitrogens with one attached hydrogen (secondary N) is 2. The van der Waals surface area contributed by atoms with Crippen LogP contribution in [0.2, 0.25) is 0 Å². The monoisotopic (exact) mass is 480 g/mol. The van der Waals surface area contributed by atoms with Gasteiger partial charge in [-0.2, -0.15) is 0 Å². The zero-order chi connectivity index (χ0) is 24.9. The van der Waals surface area contributed by atoms with Crippen molar-refractivity contribution < 1.29 is 0 Å². The summed E-state index contributed by atoms with van der Waals surface area (Å²) in [6, 6.07) is 17.1. The Balaban J connectivity index is 1.15. The number of aromatic nitrogens is 4. The summed E-state index contributed by atoms with van der Waals surface area (Å²) < 4.78 is 0. The van der Waals surface area contributed by atoms with E-state index in [0.29, 0.717) is 0 Å². The van der Waals surface area contributed by atoms with Gasteiger partial charge in [-0.1, -0.05) is 75.2 Å². The molecule has 6 rings (SSSR count). The van der Waals surface area contributed by atoms with Crippen LogP contribution >= 0.6 is 0 Å². The third kappa shape index (κ3) is 3.98. The van der Waals surface area contributed by atoms with Crippen LogP contribution in [0.3, 0.4) is 0 Å². The van der Waals surface area contributed by atoms with E-state index in [4.69, 9.17) is 11.5 Å². The molecule has 36 heavy (non-hydrogen) atoms. The summed E-state index contributed by atoms with van der Waals surface area (Å²) in [6.07, 6.45) is 11.0. The fraction of sp³-hybridized carbons (Fsp3) is 0.400. The van der Waals surface area contributed by atoms with Gasteiger partial charge in [-0.3, -0.25) is 0 Å². The minimum atomic E-state index is -0.0410. The Morgan fingerprint density at radius 1 is 0.611 bits per heavy atom. The van der Waals surface area contributed by atoms with Crippen LogP contribution in [0.15, 0.2) is 60.9 Å². The molecule has 2 aromatic carbocycles. The molecule has 2 fully saturated rings. The van der Waals surface area contributed by atoms with Crippen molar-refractivity contribution in [3.63, 3.8) is 0 Å². The van der Waals surface area contributed by atoms with Crippen LogP contribution in [0.1, 0.15) is 76.1 Å². The molecule has 0 spiro atoms. The average molecular weight is 481 g/mol. The minimum Gasteiger partial charge on any atom is -0.341 e. The second-order valence-electron chi connectivity index (χ2n) is 11.5. The highest BCUT2D eigenvalue weighted by Crippen LogP contribution is 2.49. The maximum Gasteiger partial charge on any atom is 0.124 e. The molecule has 2 unspecified atom stereocenters. The first kappa shape index (κ1) is 23.2. The number of nitrogens with two attached hydrogens (primary N) is 2. The average Bonchev–Trinajstić information content (AvgIpc) is 3.56. The highest BCUT2D eigenvalue weighted by molar-refractivity contribution is 5.71. The Labute approximate surface area is 213 Å². The number of H-pyrrole nitrogens is 2. The first-order valence-electron chi connectivity index (χ1n) is 13.2. The van der Waals surface area contributed by atoms with E-state index in [-0.39, 0.29) is 22.9 Å². The Kier molecular flexibility index (Phi) is 5.61. The third-order valence-electron chi connectivity index (χ3n) is 9.00. The maximum absolute atomic E-state index is 6.52. The number of nitrogens with zero attached hydrogens (tertiary/aromatic N) is 2. The molecule has 0 bridgehead atoms. The van der Waals surface area contributed by atoms with Gasteiger partial charge in [0.05, 0.1) is 35.9 Å². The largest absolute Gasteiger partial charge is 0.341 e. The van der Waals surface area contributed by atoms with Crippen LogP contribution in [-0.2, 0) is 0 Å². The summed E-state index contributed by atoms with van der Waals surface area (Å²) >= 11 is 0. The summed E-state index contributed by atoms with van der Waals surface area (Å²) in [6.45, 7) is 4.53. The van der Waals surface area contributed by atoms with Crippen molar-refractivity contribution >= 4 is 0 Å². The van der Waals surface area contributed by atoms with Crippen molar-refractivity contribution in [1.29, 1.82) is 0 Å². The third-order valence-corrected chi connectivity index (χ3v) is 9.00. The maximum atomic E-state index is 6.52. The lowest BCUT2D eigenvalue weighted by atomic mass is 9.65. The van der Waals surface area contributed by atoms with Gasteiger partial charge in [0.25, 0.3) is 0 Å². The predicted molar refractivity (Wildman–Crippen MR) is 145 cm³/mol. The molecule has 186 valence electrons. The molecule has 2 atom stereocenters. The molecular weight excluding hydrogens is 444 g/mol.